The molecule has 1 atom stereocenters. The number of aromatic carboxylic acids is 1. The molecule has 3 N–H and O–H groups in total. The number of benzene rings is 1. The highest BCUT2D eigenvalue weighted by atomic mass is 16.6. The molecule has 0 spiro atoms. The van der Waals surface area contributed by atoms with Crippen LogP contribution >= 0.6 is 0 Å². The highest BCUT2D eigenvalue weighted by Crippen LogP contribution is 2.29. The van der Waals surface area contributed by atoms with E-state index < -0.39 is 10.9 Å². The second-order valence-electron chi connectivity index (χ2n) is 4.02. The average Bonchev–Trinajstić information content (AvgIpc) is 2.37. The van der Waals surface area contributed by atoms with Gasteiger partial charge in [0.1, 0.15) is 5.69 Å². The molecule has 0 saturated heterocycles. The zero-order chi connectivity index (χ0) is 14.4. The number of nitrogens with one attached hydrogen (secondary N) is 1. The van der Waals surface area contributed by atoms with Gasteiger partial charge in [-0.2, -0.15) is 0 Å². The van der Waals surface area contributed by atoms with Gasteiger partial charge >= 0.3 is 5.97 Å². The highest BCUT2D eigenvalue weighted by Gasteiger charge is 2.23. The monoisotopic (exact) mass is 268 g/mol. The number of anilines is 1. The zero-order valence-corrected chi connectivity index (χ0v) is 10.5. The number of aliphatic hydroxyl groups excluding tert-OH is 1. The van der Waals surface area contributed by atoms with E-state index in [4.69, 9.17) is 10.2 Å². The molecular formula is C12H16N2O5. The normalized spacial score (nSPS) is 11.9. The van der Waals surface area contributed by atoms with Gasteiger partial charge in [-0.15, -0.1) is 0 Å². The van der Waals surface area contributed by atoms with Crippen LogP contribution in [0.4, 0.5) is 11.4 Å². The van der Waals surface area contributed by atoms with Crippen LogP contribution in [0.2, 0.25) is 0 Å². The van der Waals surface area contributed by atoms with Crippen molar-refractivity contribution in [3.05, 3.63) is 33.9 Å². The molecule has 0 amide bonds. The van der Waals surface area contributed by atoms with Crippen molar-refractivity contribution in [2.75, 3.05) is 11.9 Å². The van der Waals surface area contributed by atoms with E-state index >= 15 is 0 Å². The highest BCUT2D eigenvalue weighted by molar-refractivity contribution is 5.96. The standard InChI is InChI=1S/C12H16N2O5/c1-2-8(6-7-15)13-11-9(12(16)17)4-3-5-10(11)14(18)19/h3-5,8,13,15H,2,6-7H2,1H3,(H,16,17). The molecule has 0 aromatic heterocycles. The van der Waals surface area contributed by atoms with Crippen LogP contribution in [0.3, 0.4) is 0 Å². The molecule has 0 radical (unpaired) electrons. The summed E-state index contributed by atoms with van der Waals surface area (Å²) in [6.45, 7) is 1.77. The number of nitrogens with zero attached hydrogens (tertiary/aromatic N) is 1. The Labute approximate surface area is 110 Å². The lowest BCUT2D eigenvalue weighted by molar-refractivity contribution is -0.384. The van der Waals surface area contributed by atoms with E-state index in [1.807, 2.05) is 6.92 Å². The molecule has 0 heterocycles. The summed E-state index contributed by atoms with van der Waals surface area (Å²) in [5.74, 6) is -1.23. The topological polar surface area (TPSA) is 113 Å². The van der Waals surface area contributed by atoms with Crippen LogP contribution in [-0.2, 0) is 0 Å². The second kappa shape index (κ2) is 6.69. The molecule has 1 aromatic carbocycles. The Hall–Kier alpha value is -2.15. The van der Waals surface area contributed by atoms with Gasteiger partial charge in [-0.05, 0) is 18.9 Å². The Balaban J connectivity index is 3.20. The first kappa shape index (κ1) is 14.9. The number of nitro groups is 1. The maximum atomic E-state index is 11.1. The summed E-state index contributed by atoms with van der Waals surface area (Å²) in [5, 5.41) is 31.8. The summed E-state index contributed by atoms with van der Waals surface area (Å²) in [6, 6.07) is 3.67. The van der Waals surface area contributed by atoms with Gasteiger partial charge in [0.25, 0.3) is 5.69 Å². The van der Waals surface area contributed by atoms with E-state index in [2.05, 4.69) is 5.32 Å². The fourth-order valence-electron chi connectivity index (χ4n) is 1.76. The molecule has 0 fully saturated rings. The molecule has 0 aliphatic heterocycles. The molecule has 0 aliphatic rings. The minimum Gasteiger partial charge on any atom is -0.478 e. The third-order valence-corrected chi connectivity index (χ3v) is 2.79. The van der Waals surface area contributed by atoms with Gasteiger partial charge in [-0.1, -0.05) is 13.0 Å². The van der Waals surface area contributed by atoms with E-state index in [-0.39, 0.29) is 29.6 Å². The Morgan fingerprint density at radius 1 is 1.53 bits per heavy atom. The number of hydrogen-bond acceptors (Lipinski definition) is 5. The van der Waals surface area contributed by atoms with Crippen LogP contribution < -0.4 is 5.32 Å². The minimum absolute atomic E-state index is 0.0136. The smallest absolute Gasteiger partial charge is 0.338 e. The van der Waals surface area contributed by atoms with Gasteiger partial charge in [0, 0.05) is 18.7 Å². The van der Waals surface area contributed by atoms with E-state index in [0.29, 0.717) is 12.8 Å². The SMILES string of the molecule is CCC(CCO)Nc1c(C(=O)O)cccc1[N+](=O)[O-]. The Kier molecular flexibility index (Phi) is 5.25. The number of carboxylic acids is 1. The van der Waals surface area contributed by atoms with Crippen LogP contribution in [0.15, 0.2) is 18.2 Å². The fourth-order valence-corrected chi connectivity index (χ4v) is 1.76. The first-order valence-corrected chi connectivity index (χ1v) is 5.89. The first-order chi connectivity index (χ1) is 9.01. The number of aliphatic hydroxyl groups is 1. The van der Waals surface area contributed by atoms with Gasteiger partial charge < -0.3 is 15.5 Å². The van der Waals surface area contributed by atoms with Crippen molar-refractivity contribution in [1.82, 2.24) is 0 Å². The van der Waals surface area contributed by atoms with Crippen LogP contribution in [0, 0.1) is 10.1 Å². The zero-order valence-electron chi connectivity index (χ0n) is 10.5. The maximum Gasteiger partial charge on any atom is 0.338 e. The third kappa shape index (κ3) is 3.65. The van der Waals surface area contributed by atoms with Crippen LogP contribution in [0.25, 0.3) is 0 Å². The third-order valence-electron chi connectivity index (χ3n) is 2.79. The van der Waals surface area contributed by atoms with E-state index in [9.17, 15) is 14.9 Å². The number of carboxylic acid groups (broad SMARTS) is 1. The van der Waals surface area contributed by atoms with Crippen molar-refractivity contribution < 1.29 is 19.9 Å². The van der Waals surface area contributed by atoms with Gasteiger partial charge in [0.2, 0.25) is 0 Å². The molecule has 7 heteroatoms. The lowest BCUT2D eigenvalue weighted by Crippen LogP contribution is -2.22. The predicted octanol–water partition coefficient (Wildman–Crippen LogP) is 1.87. The van der Waals surface area contributed by atoms with Crippen molar-refractivity contribution >= 4 is 17.3 Å². The summed E-state index contributed by atoms with van der Waals surface area (Å²) < 4.78 is 0. The summed E-state index contributed by atoms with van der Waals surface area (Å²) in [7, 11) is 0. The quantitative estimate of drug-likeness (QED) is 0.514. The molecule has 19 heavy (non-hydrogen) atoms. The Bertz CT molecular complexity index is 443. The van der Waals surface area contributed by atoms with Crippen LogP contribution in [0.1, 0.15) is 30.1 Å². The van der Waals surface area contributed by atoms with Crippen molar-refractivity contribution in [3.63, 3.8) is 0 Å². The average molecular weight is 268 g/mol. The summed E-state index contributed by atoms with van der Waals surface area (Å²) in [4.78, 5) is 21.4. The van der Waals surface area contributed by atoms with Crippen molar-refractivity contribution in [3.8, 4) is 0 Å². The number of para-hydroxylation sites is 1. The van der Waals surface area contributed by atoms with E-state index in [0.717, 1.165) is 0 Å². The lowest BCUT2D eigenvalue weighted by Gasteiger charge is -2.18. The second-order valence-corrected chi connectivity index (χ2v) is 4.02. The van der Waals surface area contributed by atoms with E-state index in [1.165, 1.54) is 18.2 Å². The van der Waals surface area contributed by atoms with Crippen LogP contribution in [-0.4, -0.2) is 33.8 Å². The lowest BCUT2D eigenvalue weighted by atomic mass is 10.1. The summed E-state index contributed by atoms with van der Waals surface area (Å²) >= 11 is 0. The Morgan fingerprint density at radius 3 is 2.68 bits per heavy atom. The Morgan fingerprint density at radius 2 is 2.21 bits per heavy atom. The van der Waals surface area contributed by atoms with Crippen molar-refractivity contribution in [2.45, 2.75) is 25.8 Å². The molecule has 104 valence electrons. The molecular weight excluding hydrogens is 252 g/mol. The number of rotatable bonds is 7. The molecule has 0 bridgehead atoms. The summed E-state index contributed by atoms with van der Waals surface area (Å²) in [6.07, 6.45) is 1.01. The summed E-state index contributed by atoms with van der Waals surface area (Å²) in [5.41, 5.74) is -0.442. The maximum absolute atomic E-state index is 11.1. The fraction of sp³-hybridized carbons (Fsp3) is 0.417. The molecule has 1 rings (SSSR count). The molecule has 0 aliphatic carbocycles. The predicted molar refractivity (Wildman–Crippen MR) is 69.5 cm³/mol. The molecule has 1 unspecified atom stereocenters. The van der Waals surface area contributed by atoms with Crippen LogP contribution in [0.5, 0.6) is 0 Å². The van der Waals surface area contributed by atoms with Gasteiger partial charge in [0.15, 0.2) is 0 Å². The van der Waals surface area contributed by atoms with Gasteiger partial charge in [-0.25, -0.2) is 4.79 Å². The number of nitro benzene ring substituents is 1. The number of carbonyl (C=O) groups is 1. The van der Waals surface area contributed by atoms with Crippen molar-refractivity contribution in [1.29, 1.82) is 0 Å². The molecule has 0 saturated carbocycles. The van der Waals surface area contributed by atoms with E-state index in [1.54, 1.807) is 0 Å². The first-order valence-electron chi connectivity index (χ1n) is 5.89. The van der Waals surface area contributed by atoms with Gasteiger partial charge in [0.05, 0.1) is 10.5 Å². The minimum atomic E-state index is -1.23. The number of hydrogen-bond donors (Lipinski definition) is 3. The molecule has 1 aromatic rings. The largest absolute Gasteiger partial charge is 0.478 e. The van der Waals surface area contributed by atoms with Crippen molar-refractivity contribution in [2.24, 2.45) is 0 Å². The van der Waals surface area contributed by atoms with Gasteiger partial charge in [-0.3, -0.25) is 10.1 Å². The molecule has 7 nitrogen and oxygen atoms in total.